The first-order chi connectivity index (χ1) is 12.7. The number of imide groups is 1. The summed E-state index contributed by atoms with van der Waals surface area (Å²) in [6.45, 7) is -0.561. The van der Waals surface area contributed by atoms with Gasteiger partial charge in [-0.2, -0.15) is 13.2 Å². The van der Waals surface area contributed by atoms with Gasteiger partial charge in [-0.05, 0) is 29.3 Å². The molecule has 2 N–H and O–H groups in total. The van der Waals surface area contributed by atoms with Crippen LogP contribution in [-0.2, 0) is 23.9 Å². The highest BCUT2D eigenvalue weighted by molar-refractivity contribution is 6.22. The normalized spacial score (nSPS) is 13.9. The number of benzene rings is 2. The van der Waals surface area contributed by atoms with Gasteiger partial charge >= 0.3 is 6.18 Å². The number of nitrogens with zero attached hydrogens (tertiary/aromatic N) is 1. The monoisotopic (exact) mass is 376 g/mol. The Morgan fingerprint density at radius 2 is 1.59 bits per heavy atom. The van der Waals surface area contributed by atoms with E-state index in [9.17, 15) is 27.6 Å². The quantitative estimate of drug-likeness (QED) is 0.814. The van der Waals surface area contributed by atoms with E-state index in [1.54, 1.807) is 12.1 Å². The summed E-state index contributed by atoms with van der Waals surface area (Å²) in [6.07, 6.45) is -5.19. The number of nitrogens with two attached hydrogens (primary N) is 1. The third-order valence-electron chi connectivity index (χ3n) is 4.31. The Hall–Kier alpha value is -3.00. The topological polar surface area (TPSA) is 80.5 Å². The number of rotatable bonds is 5. The number of amides is 2. The van der Waals surface area contributed by atoms with E-state index in [0.717, 1.165) is 11.0 Å². The Kier molecular flexibility index (Phi) is 4.84. The fraction of sp³-hybridized carbons (Fsp3) is 0.211. The van der Waals surface area contributed by atoms with Gasteiger partial charge in [-0.3, -0.25) is 19.3 Å². The number of carbonyl (C=O) groups is 3. The van der Waals surface area contributed by atoms with Crippen molar-refractivity contribution in [2.75, 3.05) is 6.54 Å². The third-order valence-corrected chi connectivity index (χ3v) is 4.31. The lowest BCUT2D eigenvalue weighted by molar-refractivity contribution is -0.138. The predicted octanol–water partition coefficient (Wildman–Crippen LogP) is 2.57. The largest absolute Gasteiger partial charge is 0.416 e. The maximum atomic E-state index is 13.2. The smallest absolute Gasteiger partial charge is 0.326 e. The minimum absolute atomic E-state index is 0.0255. The average molecular weight is 376 g/mol. The lowest BCUT2D eigenvalue weighted by Gasteiger charge is -2.16. The highest BCUT2D eigenvalue weighted by Gasteiger charge is 2.37. The molecule has 2 aromatic carbocycles. The van der Waals surface area contributed by atoms with Crippen molar-refractivity contribution >= 4 is 17.6 Å². The lowest BCUT2D eigenvalue weighted by Crippen LogP contribution is -2.35. The second-order valence-electron chi connectivity index (χ2n) is 6.15. The molecule has 0 atom stereocenters. The minimum Gasteiger partial charge on any atom is -0.326 e. The maximum Gasteiger partial charge on any atom is 0.416 e. The van der Waals surface area contributed by atoms with Crippen LogP contribution in [0, 0.1) is 0 Å². The molecule has 0 aromatic heterocycles. The second-order valence-corrected chi connectivity index (χ2v) is 6.15. The molecule has 0 fully saturated rings. The van der Waals surface area contributed by atoms with Gasteiger partial charge in [0, 0.05) is 13.0 Å². The molecule has 2 amide bonds. The van der Waals surface area contributed by atoms with Crippen LogP contribution in [0.15, 0.2) is 42.5 Å². The summed E-state index contributed by atoms with van der Waals surface area (Å²) in [5.41, 5.74) is 5.10. The lowest BCUT2D eigenvalue weighted by atomic mass is 9.98. The van der Waals surface area contributed by atoms with Gasteiger partial charge in [-0.25, -0.2) is 0 Å². The number of carbonyl (C=O) groups excluding carboxylic acids is 3. The molecule has 0 spiro atoms. The molecule has 0 bridgehead atoms. The van der Waals surface area contributed by atoms with Gasteiger partial charge in [0.05, 0.1) is 23.2 Å². The summed E-state index contributed by atoms with van der Waals surface area (Å²) in [6, 6.07) is 9.46. The van der Waals surface area contributed by atoms with E-state index >= 15 is 0 Å². The first-order valence-corrected chi connectivity index (χ1v) is 8.08. The van der Waals surface area contributed by atoms with Gasteiger partial charge in [-0.1, -0.05) is 24.3 Å². The molecule has 0 aliphatic carbocycles. The van der Waals surface area contributed by atoms with Crippen LogP contribution in [-0.4, -0.2) is 29.0 Å². The second kappa shape index (κ2) is 6.96. The summed E-state index contributed by atoms with van der Waals surface area (Å²) in [5.74, 6) is -1.93. The zero-order valence-corrected chi connectivity index (χ0v) is 14.0. The molecule has 0 saturated carbocycles. The fourth-order valence-corrected chi connectivity index (χ4v) is 3.02. The number of Topliss-reactive ketones (excluding diaryl/α,β-unsaturated/α-hetero) is 1. The first kappa shape index (κ1) is 18.8. The molecule has 1 aliphatic heterocycles. The summed E-state index contributed by atoms with van der Waals surface area (Å²) in [4.78, 5) is 37.7. The van der Waals surface area contributed by atoms with E-state index in [4.69, 9.17) is 5.73 Å². The van der Waals surface area contributed by atoms with Gasteiger partial charge in [0.2, 0.25) is 0 Å². The molecule has 27 heavy (non-hydrogen) atoms. The molecule has 0 radical (unpaired) electrons. The van der Waals surface area contributed by atoms with E-state index in [1.165, 1.54) is 24.3 Å². The van der Waals surface area contributed by atoms with Gasteiger partial charge < -0.3 is 5.73 Å². The summed E-state index contributed by atoms with van der Waals surface area (Å²) < 4.78 is 39.5. The van der Waals surface area contributed by atoms with E-state index in [1.807, 2.05) is 0 Å². The summed E-state index contributed by atoms with van der Waals surface area (Å²) in [7, 11) is 0. The zero-order valence-electron chi connectivity index (χ0n) is 14.0. The molecular weight excluding hydrogens is 361 g/mol. The number of halogens is 3. The number of hydrogen-bond donors (Lipinski definition) is 1. The predicted molar refractivity (Wildman–Crippen MR) is 89.9 cm³/mol. The van der Waals surface area contributed by atoms with Crippen molar-refractivity contribution in [1.29, 1.82) is 0 Å². The van der Waals surface area contributed by atoms with Crippen LogP contribution >= 0.6 is 0 Å². The molecule has 8 heteroatoms. The van der Waals surface area contributed by atoms with Gasteiger partial charge in [-0.15, -0.1) is 0 Å². The Balaban J connectivity index is 1.81. The Morgan fingerprint density at radius 3 is 2.11 bits per heavy atom. The highest BCUT2D eigenvalue weighted by atomic mass is 19.4. The van der Waals surface area contributed by atoms with E-state index in [0.29, 0.717) is 5.56 Å². The van der Waals surface area contributed by atoms with Crippen LogP contribution in [0.5, 0.6) is 0 Å². The molecule has 5 nitrogen and oxygen atoms in total. The number of ketones is 1. The van der Waals surface area contributed by atoms with E-state index in [2.05, 4.69) is 0 Å². The van der Waals surface area contributed by atoms with Crippen molar-refractivity contribution < 1.29 is 27.6 Å². The van der Waals surface area contributed by atoms with Crippen molar-refractivity contribution in [2.45, 2.75) is 19.1 Å². The fourth-order valence-electron chi connectivity index (χ4n) is 3.02. The van der Waals surface area contributed by atoms with Crippen LogP contribution in [0.25, 0.3) is 0 Å². The number of fused-ring (bicyclic) bond motifs is 1. The number of hydrogen-bond acceptors (Lipinski definition) is 4. The number of alkyl halides is 3. The molecule has 1 aliphatic rings. The SMILES string of the molecule is NCc1ccc(C(F)(F)F)c(CC(=O)CN2C(=O)c3ccccc3C2=O)c1. The van der Waals surface area contributed by atoms with Crippen LogP contribution in [0.3, 0.4) is 0 Å². The molecule has 0 saturated heterocycles. The first-order valence-electron chi connectivity index (χ1n) is 8.08. The minimum atomic E-state index is -4.63. The summed E-state index contributed by atoms with van der Waals surface area (Å²) >= 11 is 0. The van der Waals surface area contributed by atoms with Crippen molar-refractivity contribution in [3.63, 3.8) is 0 Å². The van der Waals surface area contributed by atoms with Crippen LogP contribution in [0.2, 0.25) is 0 Å². The van der Waals surface area contributed by atoms with Gasteiger partial charge in [0.1, 0.15) is 0 Å². The third kappa shape index (κ3) is 3.61. The highest BCUT2D eigenvalue weighted by Crippen LogP contribution is 2.33. The average Bonchev–Trinajstić information content (AvgIpc) is 2.86. The van der Waals surface area contributed by atoms with Crippen LogP contribution < -0.4 is 5.73 Å². The molecule has 3 rings (SSSR count). The molecular formula is C19H15F3N2O3. The molecule has 1 heterocycles. The van der Waals surface area contributed by atoms with Gasteiger partial charge in [0.25, 0.3) is 11.8 Å². The zero-order chi connectivity index (χ0) is 19.8. The Labute approximate surface area is 152 Å². The van der Waals surface area contributed by atoms with Crippen molar-refractivity contribution in [2.24, 2.45) is 5.73 Å². The van der Waals surface area contributed by atoms with Crippen molar-refractivity contribution in [3.05, 3.63) is 70.3 Å². The van der Waals surface area contributed by atoms with Crippen LogP contribution in [0.4, 0.5) is 13.2 Å². The maximum absolute atomic E-state index is 13.2. The van der Waals surface area contributed by atoms with Crippen molar-refractivity contribution in [3.8, 4) is 0 Å². The standard InChI is InChI=1S/C19H15F3N2O3/c20-19(21,22)16-6-5-11(9-23)7-12(16)8-13(25)10-24-17(26)14-3-1-2-4-15(14)18(24)27/h1-7H,8-10,23H2. The molecule has 0 unspecified atom stereocenters. The molecule has 2 aromatic rings. The summed E-state index contributed by atoms with van der Waals surface area (Å²) in [5, 5.41) is 0. The van der Waals surface area contributed by atoms with Crippen molar-refractivity contribution in [1.82, 2.24) is 4.90 Å². The van der Waals surface area contributed by atoms with Crippen LogP contribution in [0.1, 0.15) is 37.4 Å². The van der Waals surface area contributed by atoms with Gasteiger partial charge in [0.15, 0.2) is 5.78 Å². The Bertz CT molecular complexity index is 903. The van der Waals surface area contributed by atoms with E-state index in [-0.39, 0.29) is 23.2 Å². The Morgan fingerprint density at radius 1 is 1.00 bits per heavy atom. The van der Waals surface area contributed by atoms with E-state index < -0.39 is 42.3 Å². The molecule has 140 valence electrons.